The van der Waals surface area contributed by atoms with Gasteiger partial charge in [0.2, 0.25) is 5.91 Å². The molecule has 5 rings (SSSR count). The standard InChI is InChI=1S/C36H39F6N5O5/c1-3-43-30(48)19-33(47-23-44-45-31(47)49)14-15-34(27-12-8-5-9-13-27,46(21-33)32(50)51-20-25-10-6-4-7-11-25)22-52-24(2)26-16-28(35(37,38)39)18-29(17-26)36(40,41)42/h4-13,16-18,24,44H,3,14-15,19-23H2,1-2H3,(H,43,48)(H,45,49)/t24-,33-,34-/m1/s1. The molecule has 52 heavy (non-hydrogen) atoms. The molecule has 4 amide bonds. The number of likely N-dealkylation sites (tertiary alicyclic amines) is 1. The van der Waals surface area contributed by atoms with E-state index >= 15 is 0 Å². The maximum atomic E-state index is 14.3. The molecule has 3 aromatic rings. The summed E-state index contributed by atoms with van der Waals surface area (Å²) in [6.45, 7) is 2.62. The van der Waals surface area contributed by atoms with E-state index in [1.807, 2.05) is 0 Å². The molecule has 16 heteroatoms. The van der Waals surface area contributed by atoms with Crippen LogP contribution in [0.15, 0.2) is 78.9 Å². The number of benzene rings is 3. The Kier molecular flexibility index (Phi) is 11.4. The molecular formula is C36H39F6N5O5. The summed E-state index contributed by atoms with van der Waals surface area (Å²) in [5.41, 5.74) is 0.470. The van der Waals surface area contributed by atoms with Crippen molar-refractivity contribution in [1.29, 1.82) is 0 Å². The molecule has 2 fully saturated rings. The second-order valence-electron chi connectivity index (χ2n) is 12.9. The number of carbonyl (C=O) groups excluding carboxylic acids is 3. The number of amides is 4. The second kappa shape index (κ2) is 15.4. The zero-order valence-corrected chi connectivity index (χ0v) is 28.4. The van der Waals surface area contributed by atoms with Gasteiger partial charge in [0.15, 0.2) is 0 Å². The fourth-order valence-electron chi connectivity index (χ4n) is 6.73. The van der Waals surface area contributed by atoms with Crippen molar-refractivity contribution in [2.24, 2.45) is 0 Å². The van der Waals surface area contributed by atoms with Crippen molar-refractivity contribution >= 4 is 18.0 Å². The Bertz CT molecular complexity index is 1700. The van der Waals surface area contributed by atoms with Crippen LogP contribution in [-0.4, -0.2) is 59.7 Å². The molecule has 2 heterocycles. The molecule has 0 unspecified atom stereocenters. The smallest absolute Gasteiger partial charge is 0.416 e. The molecule has 280 valence electrons. The van der Waals surface area contributed by atoms with Crippen LogP contribution >= 0.6 is 0 Å². The molecule has 3 aromatic carbocycles. The van der Waals surface area contributed by atoms with Crippen LogP contribution in [0.2, 0.25) is 0 Å². The van der Waals surface area contributed by atoms with Crippen molar-refractivity contribution in [3.63, 3.8) is 0 Å². The number of hydrogen-bond acceptors (Lipinski definition) is 6. The van der Waals surface area contributed by atoms with Crippen molar-refractivity contribution in [3.8, 4) is 0 Å². The van der Waals surface area contributed by atoms with E-state index in [1.165, 1.54) is 16.7 Å². The van der Waals surface area contributed by atoms with Crippen LogP contribution in [0.1, 0.15) is 67.0 Å². The van der Waals surface area contributed by atoms with Crippen LogP contribution < -0.4 is 16.2 Å². The highest BCUT2D eigenvalue weighted by Gasteiger charge is 2.56. The van der Waals surface area contributed by atoms with Gasteiger partial charge in [-0.05, 0) is 61.6 Å². The Morgan fingerprint density at radius 1 is 0.923 bits per heavy atom. The number of nitrogens with one attached hydrogen (secondary N) is 3. The molecule has 3 N–H and O–H groups in total. The maximum absolute atomic E-state index is 14.3. The molecule has 0 aliphatic carbocycles. The van der Waals surface area contributed by atoms with Gasteiger partial charge in [0.1, 0.15) is 6.61 Å². The monoisotopic (exact) mass is 735 g/mol. The molecule has 3 atom stereocenters. The van der Waals surface area contributed by atoms with Crippen LogP contribution in [0.5, 0.6) is 0 Å². The third kappa shape index (κ3) is 8.44. The molecule has 0 bridgehead atoms. The van der Waals surface area contributed by atoms with Gasteiger partial charge in [-0.2, -0.15) is 26.3 Å². The number of carbonyl (C=O) groups is 3. The van der Waals surface area contributed by atoms with Crippen molar-refractivity contribution in [1.82, 2.24) is 26.0 Å². The lowest BCUT2D eigenvalue weighted by Crippen LogP contribution is -2.68. The summed E-state index contributed by atoms with van der Waals surface area (Å²) >= 11 is 0. The van der Waals surface area contributed by atoms with E-state index in [-0.39, 0.29) is 56.6 Å². The minimum Gasteiger partial charge on any atom is -0.445 e. The van der Waals surface area contributed by atoms with E-state index in [1.54, 1.807) is 67.6 Å². The van der Waals surface area contributed by atoms with Crippen LogP contribution in [0.3, 0.4) is 0 Å². The van der Waals surface area contributed by atoms with Gasteiger partial charge < -0.3 is 19.7 Å². The molecule has 2 aliphatic heterocycles. The van der Waals surface area contributed by atoms with Gasteiger partial charge in [0.05, 0.1) is 48.0 Å². The van der Waals surface area contributed by atoms with Crippen molar-refractivity contribution in [3.05, 3.63) is 107 Å². The summed E-state index contributed by atoms with van der Waals surface area (Å²) in [5.74, 6) is -0.373. The number of alkyl halides is 6. The first kappa shape index (κ1) is 38.4. The van der Waals surface area contributed by atoms with Gasteiger partial charge in [-0.25, -0.2) is 15.0 Å². The lowest BCUT2D eigenvalue weighted by atomic mass is 9.72. The summed E-state index contributed by atoms with van der Waals surface area (Å²) in [6.07, 6.45) is -12.2. The van der Waals surface area contributed by atoms with Gasteiger partial charge in [-0.3, -0.25) is 15.1 Å². The summed E-state index contributed by atoms with van der Waals surface area (Å²) in [7, 11) is 0. The van der Waals surface area contributed by atoms with Crippen molar-refractivity contribution < 1.29 is 50.2 Å². The van der Waals surface area contributed by atoms with E-state index in [2.05, 4.69) is 16.2 Å². The van der Waals surface area contributed by atoms with E-state index in [4.69, 9.17) is 9.47 Å². The highest BCUT2D eigenvalue weighted by atomic mass is 19.4. The Labute approximate surface area is 296 Å². The zero-order valence-electron chi connectivity index (χ0n) is 28.4. The van der Waals surface area contributed by atoms with E-state index < -0.39 is 59.4 Å². The molecule has 10 nitrogen and oxygen atoms in total. The largest absolute Gasteiger partial charge is 0.445 e. The quantitative estimate of drug-likeness (QED) is 0.185. The number of rotatable bonds is 11. The predicted molar refractivity (Wildman–Crippen MR) is 176 cm³/mol. The average molecular weight is 736 g/mol. The first-order valence-corrected chi connectivity index (χ1v) is 16.6. The van der Waals surface area contributed by atoms with E-state index in [0.29, 0.717) is 29.8 Å². The number of hydrazine groups is 1. The predicted octanol–water partition coefficient (Wildman–Crippen LogP) is 6.88. The number of piperidine rings is 1. The van der Waals surface area contributed by atoms with E-state index in [0.717, 1.165) is 0 Å². The molecule has 2 aliphatic rings. The number of nitrogens with zero attached hydrogens (tertiary/aromatic N) is 2. The summed E-state index contributed by atoms with van der Waals surface area (Å²) in [4.78, 5) is 43.4. The fourth-order valence-corrected chi connectivity index (χ4v) is 6.73. The van der Waals surface area contributed by atoms with Gasteiger partial charge >= 0.3 is 24.5 Å². The minimum absolute atomic E-state index is 0.00803. The zero-order chi connectivity index (χ0) is 37.7. The van der Waals surface area contributed by atoms with E-state index in [9.17, 15) is 40.7 Å². The highest BCUT2D eigenvalue weighted by molar-refractivity contribution is 5.81. The van der Waals surface area contributed by atoms with Gasteiger partial charge in [-0.1, -0.05) is 60.7 Å². The van der Waals surface area contributed by atoms with Crippen LogP contribution in [-0.2, 0) is 38.8 Å². The summed E-state index contributed by atoms with van der Waals surface area (Å²) in [6, 6.07) is 18.2. The van der Waals surface area contributed by atoms with Gasteiger partial charge in [-0.15, -0.1) is 0 Å². The molecular weight excluding hydrogens is 696 g/mol. The topological polar surface area (TPSA) is 112 Å². The SMILES string of the molecule is CCNC(=O)C[C@]1(N2CNNC2=O)CC[C@@](CO[C@H](C)c2cc(C(F)(F)F)cc(C(F)(F)F)c2)(c2ccccc2)N(C(=O)OCc2ccccc2)C1. The normalized spacial score (nSPS) is 21.4. The summed E-state index contributed by atoms with van der Waals surface area (Å²) in [5, 5.41) is 2.75. The lowest BCUT2D eigenvalue weighted by Gasteiger charge is -2.55. The van der Waals surface area contributed by atoms with Crippen LogP contribution in [0.4, 0.5) is 35.9 Å². The Morgan fingerprint density at radius 2 is 1.54 bits per heavy atom. The molecule has 0 saturated carbocycles. The third-order valence-corrected chi connectivity index (χ3v) is 9.48. The molecule has 0 radical (unpaired) electrons. The second-order valence-corrected chi connectivity index (χ2v) is 12.9. The lowest BCUT2D eigenvalue weighted by molar-refractivity contribution is -0.143. The average Bonchev–Trinajstić information content (AvgIpc) is 3.56. The molecule has 2 saturated heterocycles. The molecule has 0 aromatic heterocycles. The van der Waals surface area contributed by atoms with Gasteiger partial charge in [0.25, 0.3) is 0 Å². The molecule has 0 spiro atoms. The number of urea groups is 1. The minimum atomic E-state index is -5.06. The third-order valence-electron chi connectivity index (χ3n) is 9.48. The first-order chi connectivity index (χ1) is 24.6. The van der Waals surface area contributed by atoms with Crippen molar-refractivity contribution in [2.45, 2.75) is 69.3 Å². The van der Waals surface area contributed by atoms with Crippen LogP contribution in [0, 0.1) is 0 Å². The number of hydrogen-bond donors (Lipinski definition) is 3. The summed E-state index contributed by atoms with van der Waals surface area (Å²) < 4.78 is 94.4. The fraction of sp³-hybridized carbons (Fsp3) is 0.417. The van der Waals surface area contributed by atoms with Gasteiger partial charge in [0, 0.05) is 13.1 Å². The Balaban J connectivity index is 1.57. The maximum Gasteiger partial charge on any atom is 0.416 e. The highest BCUT2D eigenvalue weighted by Crippen LogP contribution is 2.46. The number of halogens is 6. The first-order valence-electron chi connectivity index (χ1n) is 16.6. The Morgan fingerprint density at radius 3 is 2.10 bits per heavy atom. The van der Waals surface area contributed by atoms with Crippen molar-refractivity contribution in [2.75, 3.05) is 26.4 Å². The van der Waals surface area contributed by atoms with Crippen LogP contribution in [0.25, 0.3) is 0 Å². The Hall–Kier alpha value is -4.83. The number of ether oxygens (including phenoxy) is 2.